The molecule has 1 aromatic heterocycles. The van der Waals surface area contributed by atoms with Crippen LogP contribution in [0.1, 0.15) is 23.6 Å². The van der Waals surface area contributed by atoms with Gasteiger partial charge in [0, 0.05) is 25.7 Å². The summed E-state index contributed by atoms with van der Waals surface area (Å²) in [6, 6.07) is 0.392. The zero-order valence-electron chi connectivity index (χ0n) is 10.1. The lowest BCUT2D eigenvalue weighted by atomic mass is 10.2. The standard InChI is InChI=1S/C10H17N5OS/c1-3-14-4-5-15(6-7(14)2)9(16)8-12-13-10(11)17-8/h7H,3-6H2,1-2H3,(H2,11,13). The number of hydrogen-bond donors (Lipinski definition) is 1. The number of piperazine rings is 1. The van der Waals surface area contributed by atoms with E-state index in [1.54, 1.807) is 0 Å². The zero-order valence-corrected chi connectivity index (χ0v) is 10.9. The number of likely N-dealkylation sites (N-methyl/N-ethyl adjacent to an activating group) is 1. The molecule has 2 heterocycles. The van der Waals surface area contributed by atoms with Crippen molar-refractivity contribution >= 4 is 22.4 Å². The lowest BCUT2D eigenvalue weighted by Gasteiger charge is -2.38. The van der Waals surface area contributed by atoms with Crippen LogP contribution in [0.5, 0.6) is 0 Å². The van der Waals surface area contributed by atoms with Gasteiger partial charge in [-0.25, -0.2) is 0 Å². The number of nitrogens with zero attached hydrogens (tertiary/aromatic N) is 4. The van der Waals surface area contributed by atoms with E-state index in [4.69, 9.17) is 5.73 Å². The van der Waals surface area contributed by atoms with Crippen molar-refractivity contribution in [3.8, 4) is 0 Å². The largest absolute Gasteiger partial charge is 0.374 e. The molecular weight excluding hydrogens is 238 g/mol. The van der Waals surface area contributed by atoms with Crippen molar-refractivity contribution in [1.29, 1.82) is 0 Å². The SMILES string of the molecule is CCN1CCN(C(=O)c2nnc(N)s2)CC1C. The third kappa shape index (κ3) is 2.55. The van der Waals surface area contributed by atoms with Crippen molar-refractivity contribution < 1.29 is 4.79 Å². The molecular formula is C10H17N5OS. The van der Waals surface area contributed by atoms with Crippen molar-refractivity contribution in [2.45, 2.75) is 19.9 Å². The highest BCUT2D eigenvalue weighted by Crippen LogP contribution is 2.16. The van der Waals surface area contributed by atoms with Crippen molar-refractivity contribution in [3.63, 3.8) is 0 Å². The minimum atomic E-state index is -0.0539. The molecule has 0 bridgehead atoms. The second kappa shape index (κ2) is 4.97. The average molecular weight is 255 g/mol. The van der Waals surface area contributed by atoms with Crippen LogP contribution in [-0.2, 0) is 0 Å². The number of nitrogen functional groups attached to an aromatic ring is 1. The summed E-state index contributed by atoms with van der Waals surface area (Å²) in [5, 5.41) is 8.19. The summed E-state index contributed by atoms with van der Waals surface area (Å²) in [7, 11) is 0. The van der Waals surface area contributed by atoms with Gasteiger partial charge in [-0.3, -0.25) is 9.69 Å². The maximum Gasteiger partial charge on any atom is 0.285 e. The number of anilines is 1. The summed E-state index contributed by atoms with van der Waals surface area (Å²) in [6.45, 7) is 7.70. The summed E-state index contributed by atoms with van der Waals surface area (Å²) >= 11 is 1.15. The molecule has 1 saturated heterocycles. The Labute approximate surface area is 104 Å². The first-order chi connectivity index (χ1) is 8.11. The van der Waals surface area contributed by atoms with E-state index >= 15 is 0 Å². The number of nitrogens with two attached hydrogens (primary N) is 1. The summed E-state index contributed by atoms with van der Waals surface area (Å²) < 4.78 is 0. The molecule has 1 atom stereocenters. The molecule has 1 aliphatic heterocycles. The topological polar surface area (TPSA) is 75.3 Å². The molecule has 1 aromatic rings. The van der Waals surface area contributed by atoms with Crippen LogP contribution in [0, 0.1) is 0 Å². The average Bonchev–Trinajstić information content (AvgIpc) is 2.75. The zero-order chi connectivity index (χ0) is 12.4. The van der Waals surface area contributed by atoms with Crippen LogP contribution in [0.2, 0.25) is 0 Å². The Hall–Kier alpha value is -1.21. The molecule has 1 fully saturated rings. The molecule has 1 aliphatic rings. The molecule has 7 heteroatoms. The predicted octanol–water partition coefficient (Wildman–Crippen LogP) is 0.287. The monoisotopic (exact) mass is 255 g/mol. The fourth-order valence-electron chi connectivity index (χ4n) is 2.11. The predicted molar refractivity (Wildman–Crippen MR) is 66.9 cm³/mol. The number of amides is 1. The van der Waals surface area contributed by atoms with E-state index < -0.39 is 0 Å². The van der Waals surface area contributed by atoms with Crippen LogP contribution >= 0.6 is 11.3 Å². The van der Waals surface area contributed by atoms with E-state index in [-0.39, 0.29) is 5.91 Å². The lowest BCUT2D eigenvalue weighted by molar-refractivity contribution is 0.0527. The number of rotatable bonds is 2. The maximum atomic E-state index is 12.1. The first-order valence-corrected chi connectivity index (χ1v) is 6.55. The van der Waals surface area contributed by atoms with Crippen LogP contribution in [0.15, 0.2) is 0 Å². The number of carbonyl (C=O) groups is 1. The van der Waals surface area contributed by atoms with Gasteiger partial charge in [-0.05, 0) is 13.5 Å². The summed E-state index contributed by atoms with van der Waals surface area (Å²) in [5.41, 5.74) is 5.48. The molecule has 2 rings (SSSR count). The van der Waals surface area contributed by atoms with Gasteiger partial charge in [0.1, 0.15) is 0 Å². The highest BCUT2D eigenvalue weighted by Gasteiger charge is 2.27. The Morgan fingerprint density at radius 1 is 1.53 bits per heavy atom. The van der Waals surface area contributed by atoms with Gasteiger partial charge in [0.05, 0.1) is 0 Å². The van der Waals surface area contributed by atoms with E-state index in [0.29, 0.717) is 16.2 Å². The molecule has 1 amide bonds. The van der Waals surface area contributed by atoms with Crippen LogP contribution in [-0.4, -0.2) is 58.1 Å². The Morgan fingerprint density at radius 2 is 2.29 bits per heavy atom. The third-order valence-electron chi connectivity index (χ3n) is 3.08. The smallest absolute Gasteiger partial charge is 0.285 e. The molecule has 0 aliphatic carbocycles. The fourth-order valence-corrected chi connectivity index (χ4v) is 2.68. The quantitative estimate of drug-likeness (QED) is 0.822. The molecule has 0 radical (unpaired) electrons. The van der Waals surface area contributed by atoms with Crippen LogP contribution in [0.3, 0.4) is 0 Å². The van der Waals surface area contributed by atoms with Crippen LogP contribution < -0.4 is 5.73 Å². The molecule has 0 aromatic carbocycles. The molecule has 2 N–H and O–H groups in total. The highest BCUT2D eigenvalue weighted by atomic mass is 32.1. The molecule has 0 spiro atoms. The highest BCUT2D eigenvalue weighted by molar-refractivity contribution is 7.16. The molecule has 17 heavy (non-hydrogen) atoms. The summed E-state index contributed by atoms with van der Waals surface area (Å²) in [5.74, 6) is -0.0539. The lowest BCUT2D eigenvalue weighted by Crippen LogP contribution is -2.53. The minimum absolute atomic E-state index is 0.0539. The number of hydrogen-bond acceptors (Lipinski definition) is 6. The van der Waals surface area contributed by atoms with Gasteiger partial charge >= 0.3 is 0 Å². The molecule has 94 valence electrons. The van der Waals surface area contributed by atoms with E-state index in [0.717, 1.165) is 37.5 Å². The van der Waals surface area contributed by atoms with Crippen LogP contribution in [0.25, 0.3) is 0 Å². The van der Waals surface area contributed by atoms with E-state index in [9.17, 15) is 4.79 Å². The van der Waals surface area contributed by atoms with E-state index in [2.05, 4.69) is 28.9 Å². The van der Waals surface area contributed by atoms with Gasteiger partial charge in [0.25, 0.3) is 5.91 Å². The fraction of sp³-hybridized carbons (Fsp3) is 0.700. The molecule has 1 unspecified atom stereocenters. The van der Waals surface area contributed by atoms with E-state index in [1.165, 1.54) is 0 Å². The molecule has 0 saturated carbocycles. The third-order valence-corrected chi connectivity index (χ3v) is 3.82. The summed E-state index contributed by atoms with van der Waals surface area (Å²) in [4.78, 5) is 16.3. The first-order valence-electron chi connectivity index (χ1n) is 5.74. The van der Waals surface area contributed by atoms with Gasteiger partial charge < -0.3 is 10.6 Å². The first kappa shape index (κ1) is 12.3. The Morgan fingerprint density at radius 3 is 2.82 bits per heavy atom. The second-order valence-electron chi connectivity index (χ2n) is 4.17. The Bertz CT molecular complexity index is 407. The van der Waals surface area contributed by atoms with Gasteiger partial charge in [-0.15, -0.1) is 10.2 Å². The van der Waals surface area contributed by atoms with Crippen LogP contribution in [0.4, 0.5) is 5.13 Å². The van der Waals surface area contributed by atoms with Crippen molar-refractivity contribution in [2.24, 2.45) is 0 Å². The van der Waals surface area contributed by atoms with Gasteiger partial charge in [0.15, 0.2) is 0 Å². The molecule has 6 nitrogen and oxygen atoms in total. The van der Waals surface area contributed by atoms with Crippen molar-refractivity contribution in [1.82, 2.24) is 20.0 Å². The van der Waals surface area contributed by atoms with Gasteiger partial charge in [-0.1, -0.05) is 18.3 Å². The Kier molecular flexibility index (Phi) is 3.58. The Balaban J connectivity index is 2.02. The maximum absolute atomic E-state index is 12.1. The minimum Gasteiger partial charge on any atom is -0.374 e. The second-order valence-corrected chi connectivity index (χ2v) is 5.18. The number of aromatic nitrogens is 2. The van der Waals surface area contributed by atoms with E-state index in [1.807, 2.05) is 4.90 Å². The normalized spacial score (nSPS) is 21.8. The van der Waals surface area contributed by atoms with Gasteiger partial charge in [0.2, 0.25) is 10.1 Å². The van der Waals surface area contributed by atoms with Crippen molar-refractivity contribution in [3.05, 3.63) is 5.01 Å². The number of carbonyl (C=O) groups excluding carboxylic acids is 1. The summed E-state index contributed by atoms with van der Waals surface area (Å²) in [6.07, 6.45) is 0. The van der Waals surface area contributed by atoms with Gasteiger partial charge in [-0.2, -0.15) is 0 Å². The van der Waals surface area contributed by atoms with Crippen molar-refractivity contribution in [2.75, 3.05) is 31.9 Å².